The summed E-state index contributed by atoms with van der Waals surface area (Å²) in [6.07, 6.45) is 0.800. The average molecular weight is 581 g/mol. The summed E-state index contributed by atoms with van der Waals surface area (Å²) in [6.45, 7) is 15.7. The van der Waals surface area contributed by atoms with Crippen molar-refractivity contribution in [2.24, 2.45) is 0 Å². The van der Waals surface area contributed by atoms with E-state index in [4.69, 9.17) is 4.43 Å². The summed E-state index contributed by atoms with van der Waals surface area (Å²) in [6, 6.07) is 1.81. The van der Waals surface area contributed by atoms with Crippen LogP contribution >= 0.6 is 0 Å². The summed E-state index contributed by atoms with van der Waals surface area (Å²) in [4.78, 5) is 25.7. The van der Waals surface area contributed by atoms with E-state index in [1.165, 1.54) is 12.1 Å². The minimum Gasteiger partial charge on any atom is -0.542 e. The molecule has 14 heteroatoms. The minimum atomic E-state index is -5.93. The first-order chi connectivity index (χ1) is 17.3. The number of hydrogen-bond donors (Lipinski definition) is 0. The molecule has 1 atom stereocenters. The van der Waals surface area contributed by atoms with Crippen molar-refractivity contribution in [1.29, 1.82) is 0 Å². The molecule has 1 heterocycles. The highest BCUT2D eigenvalue weighted by atomic mass is 32.2. The predicted molar refractivity (Wildman–Crippen MR) is 139 cm³/mol. The van der Waals surface area contributed by atoms with Crippen LogP contribution in [0, 0.1) is 17.0 Å². The van der Waals surface area contributed by atoms with Gasteiger partial charge in [0.2, 0.25) is 0 Å². The Morgan fingerprint density at radius 3 is 2.11 bits per heavy atom. The first-order valence-corrected chi connectivity index (χ1v) is 15.9. The Bertz CT molecular complexity index is 1190. The van der Waals surface area contributed by atoms with Crippen molar-refractivity contribution in [2.75, 3.05) is 0 Å². The summed E-state index contributed by atoms with van der Waals surface area (Å²) < 4.78 is 72.0. The fourth-order valence-corrected chi connectivity index (χ4v) is 11.0. The molecular weight excluding hydrogens is 545 g/mol. The van der Waals surface area contributed by atoms with Gasteiger partial charge in [0.1, 0.15) is 17.1 Å². The van der Waals surface area contributed by atoms with Gasteiger partial charge in [-0.25, -0.2) is 0 Å². The molecule has 0 unspecified atom stereocenters. The van der Waals surface area contributed by atoms with Crippen molar-refractivity contribution in [3.8, 4) is 5.75 Å². The highest BCUT2D eigenvalue weighted by molar-refractivity contribution is 7.87. The second kappa shape index (κ2) is 11.2. The van der Waals surface area contributed by atoms with Crippen LogP contribution in [0.3, 0.4) is 0 Å². The van der Waals surface area contributed by atoms with Crippen LogP contribution in [0.2, 0.25) is 16.6 Å². The molecule has 0 bridgehead atoms. The summed E-state index contributed by atoms with van der Waals surface area (Å²) in [7, 11) is -8.41. The van der Waals surface area contributed by atoms with Gasteiger partial charge in [0.15, 0.2) is 0 Å². The lowest BCUT2D eigenvalue weighted by Crippen LogP contribution is -2.50. The SMILES string of the molecule is CC[C@@H]1CC(OS(=O)(=O)C(F)(F)F)=CN1C(=O)c1cc(C)c(O[Si](C(C)C)(C(C)C)C(C)C)cc1[N+](=O)[O-]. The summed E-state index contributed by atoms with van der Waals surface area (Å²) in [5.74, 6) is -1.13. The number of nitrogens with zero attached hydrogens (tertiary/aromatic N) is 2. The molecule has 1 aromatic rings. The van der Waals surface area contributed by atoms with Gasteiger partial charge in [-0.15, -0.1) is 0 Å². The van der Waals surface area contributed by atoms with Gasteiger partial charge >= 0.3 is 15.6 Å². The van der Waals surface area contributed by atoms with Crippen LogP contribution in [0.4, 0.5) is 18.9 Å². The maximum Gasteiger partial charge on any atom is 0.534 e. The smallest absolute Gasteiger partial charge is 0.534 e. The Morgan fingerprint density at radius 1 is 1.16 bits per heavy atom. The molecule has 0 aliphatic carbocycles. The molecule has 1 amide bonds. The van der Waals surface area contributed by atoms with Crippen molar-refractivity contribution in [2.45, 2.75) is 96.4 Å². The number of nitro groups is 1. The highest BCUT2D eigenvalue weighted by Gasteiger charge is 2.50. The van der Waals surface area contributed by atoms with E-state index in [9.17, 15) is 36.5 Å². The molecule has 0 saturated carbocycles. The quantitative estimate of drug-likeness (QED) is 0.0983. The number of rotatable bonds is 10. The van der Waals surface area contributed by atoms with Crippen molar-refractivity contribution in [1.82, 2.24) is 4.90 Å². The molecule has 1 aliphatic heterocycles. The number of carbonyl (C=O) groups excluding carboxylic acids is 1. The summed E-state index contributed by atoms with van der Waals surface area (Å²) >= 11 is 0. The molecule has 0 fully saturated rings. The van der Waals surface area contributed by atoms with Crippen LogP contribution in [0.15, 0.2) is 24.1 Å². The molecule has 2 rings (SSSR count). The van der Waals surface area contributed by atoms with E-state index >= 15 is 0 Å². The van der Waals surface area contributed by atoms with Gasteiger partial charge in [-0.05, 0) is 41.6 Å². The van der Waals surface area contributed by atoms with E-state index in [0.717, 1.165) is 11.1 Å². The van der Waals surface area contributed by atoms with Crippen LogP contribution in [0.5, 0.6) is 5.75 Å². The molecule has 0 spiro atoms. The van der Waals surface area contributed by atoms with Gasteiger partial charge in [-0.2, -0.15) is 21.6 Å². The second-order valence-electron chi connectivity index (χ2n) is 10.4. The maximum atomic E-state index is 13.4. The molecule has 9 nitrogen and oxygen atoms in total. The van der Waals surface area contributed by atoms with Crippen molar-refractivity contribution < 1.29 is 39.9 Å². The largest absolute Gasteiger partial charge is 0.542 e. The second-order valence-corrected chi connectivity index (χ2v) is 17.3. The number of carbonyl (C=O) groups is 1. The third kappa shape index (κ3) is 6.00. The van der Waals surface area contributed by atoms with Gasteiger partial charge in [0.25, 0.3) is 19.9 Å². The van der Waals surface area contributed by atoms with Crippen LogP contribution in [-0.2, 0) is 14.3 Å². The standard InChI is InChI=1S/C24H35F3N2O7SSi/c1-9-18-11-19(35-37(33,34)24(25,26)27)13-28(18)23(30)20-10-17(8)22(12-21(20)29(31)32)36-38(14(2)3,15(4)5)16(6)7/h10,12-16,18H,9,11H2,1-8H3/t18-/m1/s1. The van der Waals surface area contributed by atoms with E-state index < -0.39 is 52.3 Å². The summed E-state index contributed by atoms with van der Waals surface area (Å²) in [5, 5.41) is 12.0. The lowest BCUT2D eigenvalue weighted by atomic mass is 10.1. The van der Waals surface area contributed by atoms with Crippen LogP contribution in [0.1, 0.15) is 77.2 Å². The number of nitro benzene ring substituents is 1. The number of aryl methyl sites for hydroxylation is 1. The van der Waals surface area contributed by atoms with Crippen LogP contribution in [0.25, 0.3) is 0 Å². The molecular formula is C24H35F3N2O7SSi. The van der Waals surface area contributed by atoms with E-state index in [1.807, 2.05) is 0 Å². The van der Waals surface area contributed by atoms with Crippen LogP contribution in [-0.4, -0.2) is 44.0 Å². The van der Waals surface area contributed by atoms with E-state index in [2.05, 4.69) is 45.7 Å². The molecule has 1 aliphatic rings. The fraction of sp³-hybridized carbons (Fsp3) is 0.625. The lowest BCUT2D eigenvalue weighted by Gasteiger charge is -2.42. The molecule has 38 heavy (non-hydrogen) atoms. The Labute approximate surface area is 222 Å². The van der Waals surface area contributed by atoms with Gasteiger partial charge in [-0.1, -0.05) is 48.5 Å². The minimum absolute atomic E-state index is 0.189. The Hall–Kier alpha value is -2.61. The van der Waals surface area contributed by atoms with E-state index in [1.54, 1.807) is 13.8 Å². The van der Waals surface area contributed by atoms with Gasteiger partial charge in [-0.3, -0.25) is 14.9 Å². The number of amides is 1. The number of halogens is 3. The van der Waals surface area contributed by atoms with Crippen LogP contribution < -0.4 is 4.43 Å². The monoisotopic (exact) mass is 580 g/mol. The summed E-state index contributed by atoms with van der Waals surface area (Å²) in [5.41, 5.74) is -5.39. The number of hydrogen-bond acceptors (Lipinski definition) is 7. The lowest BCUT2D eigenvalue weighted by molar-refractivity contribution is -0.385. The third-order valence-corrected chi connectivity index (χ3v) is 14.0. The molecule has 0 N–H and O–H groups in total. The zero-order valence-corrected chi connectivity index (χ0v) is 24.6. The maximum absolute atomic E-state index is 13.4. The molecule has 0 radical (unpaired) electrons. The molecule has 0 aromatic heterocycles. The number of benzene rings is 1. The Morgan fingerprint density at radius 2 is 1.68 bits per heavy atom. The first-order valence-electron chi connectivity index (χ1n) is 12.3. The Kier molecular flexibility index (Phi) is 9.35. The molecule has 0 saturated heterocycles. The van der Waals surface area contributed by atoms with Crippen molar-refractivity contribution in [3.63, 3.8) is 0 Å². The van der Waals surface area contributed by atoms with Crippen molar-refractivity contribution >= 4 is 30.0 Å². The zero-order valence-electron chi connectivity index (χ0n) is 22.7. The van der Waals surface area contributed by atoms with E-state index in [-0.39, 0.29) is 35.0 Å². The molecule has 1 aromatic carbocycles. The van der Waals surface area contributed by atoms with Gasteiger partial charge < -0.3 is 13.5 Å². The zero-order chi connectivity index (χ0) is 29.4. The van der Waals surface area contributed by atoms with Gasteiger partial charge in [0, 0.05) is 18.7 Å². The highest BCUT2D eigenvalue weighted by Crippen LogP contribution is 2.44. The van der Waals surface area contributed by atoms with Gasteiger partial charge in [0.05, 0.1) is 11.0 Å². The average Bonchev–Trinajstić information content (AvgIpc) is 3.17. The first kappa shape index (κ1) is 31.6. The molecule has 214 valence electrons. The van der Waals surface area contributed by atoms with E-state index in [0.29, 0.717) is 11.3 Å². The Balaban J connectivity index is 2.56. The predicted octanol–water partition coefficient (Wildman–Crippen LogP) is 6.79. The van der Waals surface area contributed by atoms with Crippen molar-refractivity contribution in [3.05, 3.63) is 45.3 Å². The number of alkyl halides is 3. The topological polar surface area (TPSA) is 116 Å². The fourth-order valence-electron chi connectivity index (χ4n) is 5.25. The third-order valence-electron chi connectivity index (χ3n) is 7.03. The normalized spacial score (nSPS) is 16.8.